The van der Waals surface area contributed by atoms with Gasteiger partial charge >= 0.3 is 0 Å². The van der Waals surface area contributed by atoms with Crippen LogP contribution in [0.3, 0.4) is 0 Å². The number of nitrogens with zero attached hydrogens (tertiary/aromatic N) is 2. The summed E-state index contributed by atoms with van der Waals surface area (Å²) in [5.74, 6) is 2.63. The van der Waals surface area contributed by atoms with Crippen LogP contribution in [0.15, 0.2) is 29.3 Å². The van der Waals surface area contributed by atoms with Gasteiger partial charge in [0.1, 0.15) is 5.75 Å². The van der Waals surface area contributed by atoms with Crippen molar-refractivity contribution in [1.82, 2.24) is 15.5 Å². The molecule has 0 aromatic heterocycles. The summed E-state index contributed by atoms with van der Waals surface area (Å²) in [4.78, 5) is 19.2. The molecular formula is C20H31IN4O2. The fraction of sp³-hybridized carbons (Fsp3) is 0.600. The number of phenolic OH excluding ortho intramolecular Hbond substituents is 1. The first-order chi connectivity index (χ1) is 12.7. The van der Waals surface area contributed by atoms with Gasteiger partial charge in [-0.1, -0.05) is 12.8 Å². The van der Waals surface area contributed by atoms with Crippen LogP contribution in [-0.2, 0) is 0 Å². The molecule has 2 fully saturated rings. The number of phenols is 1. The highest BCUT2D eigenvalue weighted by Gasteiger charge is 2.35. The maximum absolute atomic E-state index is 12.1. The molecule has 0 radical (unpaired) electrons. The third kappa shape index (κ3) is 5.99. The van der Waals surface area contributed by atoms with E-state index in [1.807, 2.05) is 0 Å². The van der Waals surface area contributed by atoms with E-state index in [4.69, 9.17) is 4.99 Å². The summed E-state index contributed by atoms with van der Waals surface area (Å²) in [5.41, 5.74) is 0.544. The van der Waals surface area contributed by atoms with Gasteiger partial charge in [-0.3, -0.25) is 9.79 Å². The molecule has 0 spiro atoms. The molecule has 2 atom stereocenters. The van der Waals surface area contributed by atoms with Crippen molar-refractivity contribution in [2.24, 2.45) is 16.8 Å². The molecular weight excluding hydrogens is 455 g/mol. The second-order valence-electron chi connectivity index (χ2n) is 7.25. The van der Waals surface area contributed by atoms with Crippen molar-refractivity contribution in [2.45, 2.75) is 32.6 Å². The van der Waals surface area contributed by atoms with Crippen LogP contribution in [0.25, 0.3) is 0 Å². The van der Waals surface area contributed by atoms with E-state index in [0.717, 1.165) is 37.4 Å². The molecule has 1 heterocycles. The van der Waals surface area contributed by atoms with E-state index < -0.39 is 0 Å². The Labute approximate surface area is 178 Å². The normalized spacial score (nSPS) is 22.0. The largest absolute Gasteiger partial charge is 0.508 e. The first kappa shape index (κ1) is 21.8. The number of carbonyl (C=O) groups excluding carboxylic acids is 1. The molecule has 3 N–H and O–H groups in total. The van der Waals surface area contributed by atoms with Crippen LogP contribution in [0.4, 0.5) is 0 Å². The zero-order valence-corrected chi connectivity index (χ0v) is 18.3. The average Bonchev–Trinajstić information content (AvgIpc) is 3.08. The van der Waals surface area contributed by atoms with Crippen molar-refractivity contribution >= 4 is 35.8 Å². The number of fused-ring (bicyclic) bond motifs is 1. The molecule has 3 rings (SSSR count). The summed E-state index contributed by atoms with van der Waals surface area (Å²) in [6, 6.07) is 6.26. The average molecular weight is 486 g/mol. The number of amides is 1. The second kappa shape index (κ2) is 10.7. The van der Waals surface area contributed by atoms with Crippen molar-refractivity contribution in [2.75, 3.05) is 32.7 Å². The Hall–Kier alpha value is -1.51. The molecule has 27 heavy (non-hydrogen) atoms. The smallest absolute Gasteiger partial charge is 0.251 e. The first-order valence-electron chi connectivity index (χ1n) is 9.78. The van der Waals surface area contributed by atoms with Gasteiger partial charge in [0.25, 0.3) is 5.91 Å². The fourth-order valence-electron chi connectivity index (χ4n) is 4.05. The number of rotatable bonds is 5. The van der Waals surface area contributed by atoms with E-state index in [1.54, 1.807) is 12.1 Å². The molecule has 1 aliphatic carbocycles. The quantitative estimate of drug-likeness (QED) is 0.259. The van der Waals surface area contributed by atoms with E-state index in [2.05, 4.69) is 22.5 Å². The molecule has 0 bridgehead atoms. The minimum absolute atomic E-state index is 0. The number of aliphatic imine (C=N–C) groups is 1. The summed E-state index contributed by atoms with van der Waals surface area (Å²) in [6.07, 6.45) is 5.44. The number of hydrogen-bond acceptors (Lipinski definition) is 3. The maximum Gasteiger partial charge on any atom is 0.251 e. The van der Waals surface area contributed by atoms with Gasteiger partial charge in [-0.05, 0) is 55.9 Å². The summed E-state index contributed by atoms with van der Waals surface area (Å²) < 4.78 is 0. The highest BCUT2D eigenvalue weighted by molar-refractivity contribution is 14.0. The van der Waals surface area contributed by atoms with Crippen molar-refractivity contribution in [3.05, 3.63) is 29.8 Å². The van der Waals surface area contributed by atoms with Crippen molar-refractivity contribution < 1.29 is 9.90 Å². The molecule has 6 nitrogen and oxygen atoms in total. The lowest BCUT2D eigenvalue weighted by Crippen LogP contribution is -2.41. The van der Waals surface area contributed by atoms with Crippen molar-refractivity contribution in [3.8, 4) is 5.75 Å². The zero-order chi connectivity index (χ0) is 18.4. The molecule has 1 aliphatic heterocycles. The Balaban J connectivity index is 0.00000261. The number of likely N-dealkylation sites (tertiary alicyclic amines) is 1. The van der Waals surface area contributed by atoms with Gasteiger partial charge in [-0.15, -0.1) is 24.0 Å². The fourth-order valence-corrected chi connectivity index (χ4v) is 4.05. The van der Waals surface area contributed by atoms with Crippen LogP contribution in [0.2, 0.25) is 0 Å². The van der Waals surface area contributed by atoms with E-state index in [1.165, 1.54) is 37.8 Å². The van der Waals surface area contributed by atoms with Gasteiger partial charge in [0.2, 0.25) is 0 Å². The van der Waals surface area contributed by atoms with Gasteiger partial charge in [-0.25, -0.2) is 0 Å². The van der Waals surface area contributed by atoms with Crippen molar-refractivity contribution in [3.63, 3.8) is 0 Å². The van der Waals surface area contributed by atoms with E-state index in [-0.39, 0.29) is 35.6 Å². The Morgan fingerprint density at radius 2 is 1.78 bits per heavy atom. The Morgan fingerprint density at radius 3 is 2.37 bits per heavy atom. The molecule has 1 amide bonds. The SMILES string of the molecule is CCNC(=NCCNC(=O)c1ccc(O)cc1)N1CC2CCCCC2C1.I. The molecule has 150 valence electrons. The van der Waals surface area contributed by atoms with E-state index in [0.29, 0.717) is 18.7 Å². The van der Waals surface area contributed by atoms with Crippen molar-refractivity contribution in [1.29, 1.82) is 0 Å². The molecule has 1 saturated heterocycles. The predicted molar refractivity (Wildman–Crippen MR) is 119 cm³/mol. The third-order valence-corrected chi connectivity index (χ3v) is 5.40. The first-order valence-corrected chi connectivity index (χ1v) is 9.78. The van der Waals surface area contributed by atoms with Gasteiger partial charge in [-0.2, -0.15) is 0 Å². The van der Waals surface area contributed by atoms with Gasteiger partial charge in [0.15, 0.2) is 5.96 Å². The lowest BCUT2D eigenvalue weighted by atomic mass is 9.82. The Morgan fingerprint density at radius 1 is 1.15 bits per heavy atom. The third-order valence-electron chi connectivity index (χ3n) is 5.40. The number of aromatic hydroxyl groups is 1. The lowest BCUT2D eigenvalue weighted by molar-refractivity contribution is 0.0955. The summed E-state index contributed by atoms with van der Waals surface area (Å²) in [6.45, 7) is 6.20. The minimum atomic E-state index is -0.141. The number of nitrogens with one attached hydrogen (secondary N) is 2. The lowest BCUT2D eigenvalue weighted by Gasteiger charge is -2.22. The predicted octanol–water partition coefficient (Wildman–Crippen LogP) is 2.83. The number of carbonyl (C=O) groups is 1. The number of halogens is 1. The van der Waals surface area contributed by atoms with Gasteiger partial charge < -0.3 is 20.6 Å². The topological polar surface area (TPSA) is 77.0 Å². The zero-order valence-electron chi connectivity index (χ0n) is 16.0. The maximum atomic E-state index is 12.1. The van der Waals surface area contributed by atoms with Crippen LogP contribution >= 0.6 is 24.0 Å². The number of benzene rings is 1. The molecule has 1 aromatic carbocycles. The van der Waals surface area contributed by atoms with E-state index >= 15 is 0 Å². The highest BCUT2D eigenvalue weighted by Crippen LogP contribution is 2.35. The van der Waals surface area contributed by atoms with Crippen LogP contribution in [0.1, 0.15) is 43.0 Å². The number of hydrogen-bond donors (Lipinski definition) is 3. The Kier molecular flexibility index (Phi) is 8.66. The van der Waals surface area contributed by atoms with Crippen LogP contribution in [-0.4, -0.2) is 54.6 Å². The van der Waals surface area contributed by atoms with Crippen LogP contribution in [0, 0.1) is 11.8 Å². The molecule has 2 aliphatic rings. The Bertz CT molecular complexity index is 621. The van der Waals surface area contributed by atoms with Crippen LogP contribution in [0.5, 0.6) is 5.75 Å². The molecule has 2 unspecified atom stereocenters. The highest BCUT2D eigenvalue weighted by atomic mass is 127. The second-order valence-corrected chi connectivity index (χ2v) is 7.25. The minimum Gasteiger partial charge on any atom is -0.508 e. The number of guanidine groups is 1. The van der Waals surface area contributed by atoms with Gasteiger partial charge in [0, 0.05) is 31.7 Å². The summed E-state index contributed by atoms with van der Waals surface area (Å²) >= 11 is 0. The van der Waals surface area contributed by atoms with Crippen LogP contribution < -0.4 is 10.6 Å². The van der Waals surface area contributed by atoms with E-state index in [9.17, 15) is 9.90 Å². The summed E-state index contributed by atoms with van der Waals surface area (Å²) in [7, 11) is 0. The molecule has 1 aromatic rings. The molecule has 1 saturated carbocycles. The standard InChI is InChI=1S/C20H30N4O2.HI/c1-2-21-20(24-13-16-5-3-4-6-17(16)14-24)23-12-11-22-19(26)15-7-9-18(25)10-8-15;/h7-10,16-17,25H,2-6,11-14H2,1H3,(H,21,23)(H,22,26);1H. The van der Waals surface area contributed by atoms with Gasteiger partial charge in [0.05, 0.1) is 6.54 Å². The monoisotopic (exact) mass is 486 g/mol. The molecule has 7 heteroatoms. The summed E-state index contributed by atoms with van der Waals surface area (Å²) in [5, 5.41) is 15.6.